The van der Waals surface area contributed by atoms with E-state index in [1.807, 2.05) is 0 Å². The van der Waals surface area contributed by atoms with E-state index < -0.39 is 0 Å². The summed E-state index contributed by atoms with van der Waals surface area (Å²) < 4.78 is 0. The van der Waals surface area contributed by atoms with E-state index in [-0.39, 0.29) is 5.41 Å². The highest BCUT2D eigenvalue weighted by molar-refractivity contribution is 5.85. The molecule has 0 amide bonds. The predicted molar refractivity (Wildman–Crippen MR) is 116 cm³/mol. The quantitative estimate of drug-likeness (QED) is 0.500. The van der Waals surface area contributed by atoms with Crippen LogP contribution in [0.2, 0.25) is 0 Å². The van der Waals surface area contributed by atoms with Crippen molar-refractivity contribution >= 4 is 5.57 Å². The summed E-state index contributed by atoms with van der Waals surface area (Å²) in [5.74, 6) is 0.493. The lowest BCUT2D eigenvalue weighted by atomic mass is 9.80. The molecular formula is C26H32. The Morgan fingerprint density at radius 3 is 2.19 bits per heavy atom. The fourth-order valence-corrected chi connectivity index (χ4v) is 4.64. The summed E-state index contributed by atoms with van der Waals surface area (Å²) in [5, 5.41) is 0. The van der Waals surface area contributed by atoms with Crippen LogP contribution in [0.25, 0.3) is 16.7 Å². The normalized spacial score (nSPS) is 15.4. The maximum atomic E-state index is 2.45. The van der Waals surface area contributed by atoms with Crippen molar-refractivity contribution < 1.29 is 0 Å². The van der Waals surface area contributed by atoms with Crippen molar-refractivity contribution in [2.75, 3.05) is 0 Å². The molecule has 0 bridgehead atoms. The lowest BCUT2D eigenvalue weighted by molar-refractivity contribution is 0.659. The molecule has 0 aliphatic heterocycles. The number of hydrogen-bond acceptors (Lipinski definition) is 0. The molecule has 0 radical (unpaired) electrons. The van der Waals surface area contributed by atoms with Crippen LogP contribution in [0.15, 0.2) is 53.6 Å². The highest BCUT2D eigenvalue weighted by Crippen LogP contribution is 2.50. The third-order valence-corrected chi connectivity index (χ3v) is 5.73. The molecule has 0 unspecified atom stereocenters. The first kappa shape index (κ1) is 18.7. The minimum atomic E-state index is 0.0753. The fraction of sp³-hybridized carbons (Fsp3) is 0.385. The summed E-state index contributed by atoms with van der Waals surface area (Å²) in [6.07, 6.45) is 2.32. The van der Waals surface area contributed by atoms with Crippen LogP contribution in [0.3, 0.4) is 0 Å². The zero-order chi connectivity index (χ0) is 19.2. The zero-order valence-corrected chi connectivity index (χ0v) is 17.6. The van der Waals surface area contributed by atoms with E-state index in [9.17, 15) is 0 Å². The molecule has 26 heavy (non-hydrogen) atoms. The summed E-state index contributed by atoms with van der Waals surface area (Å²) in [4.78, 5) is 0. The van der Waals surface area contributed by atoms with Gasteiger partial charge in [0, 0.05) is 5.41 Å². The van der Waals surface area contributed by atoms with E-state index in [4.69, 9.17) is 0 Å². The van der Waals surface area contributed by atoms with Gasteiger partial charge in [0.25, 0.3) is 0 Å². The third-order valence-electron chi connectivity index (χ3n) is 5.73. The van der Waals surface area contributed by atoms with Gasteiger partial charge in [-0.3, -0.25) is 0 Å². The molecule has 0 saturated heterocycles. The Morgan fingerprint density at radius 1 is 0.923 bits per heavy atom. The second kappa shape index (κ2) is 6.58. The largest absolute Gasteiger partial charge is 0.0762 e. The van der Waals surface area contributed by atoms with E-state index >= 15 is 0 Å². The molecule has 0 heterocycles. The van der Waals surface area contributed by atoms with Crippen LogP contribution in [0, 0.1) is 12.8 Å². The maximum Gasteiger partial charge on any atom is 0.0158 e. The van der Waals surface area contributed by atoms with Gasteiger partial charge in [0.05, 0.1) is 0 Å². The molecule has 2 aromatic rings. The van der Waals surface area contributed by atoms with Crippen molar-refractivity contribution in [1.82, 2.24) is 0 Å². The van der Waals surface area contributed by atoms with Crippen LogP contribution < -0.4 is 0 Å². The van der Waals surface area contributed by atoms with Gasteiger partial charge >= 0.3 is 0 Å². The Hall–Kier alpha value is -2.08. The van der Waals surface area contributed by atoms with Crippen LogP contribution in [-0.2, 0) is 5.41 Å². The molecule has 0 heteroatoms. The minimum Gasteiger partial charge on any atom is -0.0762 e. The second-order valence-corrected chi connectivity index (χ2v) is 8.86. The smallest absolute Gasteiger partial charge is 0.0158 e. The SMILES string of the molecule is CC(C)=C/C(C)=C(/c1cc2c(cc1C)C(C)(C)c1ccccc1-2)C(C)C. The molecule has 1 aliphatic rings. The maximum absolute atomic E-state index is 2.45. The number of benzene rings is 2. The molecule has 0 spiro atoms. The lowest BCUT2D eigenvalue weighted by Crippen LogP contribution is -2.15. The molecule has 1 aliphatic carbocycles. The van der Waals surface area contributed by atoms with E-state index in [2.05, 4.69) is 97.9 Å². The predicted octanol–water partition coefficient (Wildman–Crippen LogP) is 7.70. The van der Waals surface area contributed by atoms with Crippen molar-refractivity contribution in [2.45, 2.75) is 60.8 Å². The minimum absolute atomic E-state index is 0.0753. The molecule has 3 rings (SSSR count). The van der Waals surface area contributed by atoms with E-state index in [1.165, 1.54) is 50.1 Å². The first-order valence-electron chi connectivity index (χ1n) is 9.75. The van der Waals surface area contributed by atoms with Crippen molar-refractivity contribution in [1.29, 1.82) is 0 Å². The average molecular weight is 345 g/mol. The Labute approximate surface area is 159 Å². The Kier molecular flexibility index (Phi) is 4.73. The van der Waals surface area contributed by atoms with Gasteiger partial charge in [-0.15, -0.1) is 0 Å². The van der Waals surface area contributed by atoms with Gasteiger partial charge in [0.15, 0.2) is 0 Å². The highest BCUT2D eigenvalue weighted by atomic mass is 14.4. The van der Waals surface area contributed by atoms with E-state index in [0.29, 0.717) is 5.92 Å². The second-order valence-electron chi connectivity index (χ2n) is 8.86. The van der Waals surface area contributed by atoms with E-state index in [1.54, 1.807) is 0 Å². The van der Waals surface area contributed by atoms with Crippen molar-refractivity contribution in [3.05, 3.63) is 75.9 Å². The van der Waals surface area contributed by atoms with Crippen molar-refractivity contribution in [3.8, 4) is 11.1 Å². The summed E-state index contributed by atoms with van der Waals surface area (Å²) in [6, 6.07) is 13.8. The molecule has 0 aromatic heterocycles. The molecule has 0 fully saturated rings. The van der Waals surface area contributed by atoms with Crippen molar-refractivity contribution in [3.63, 3.8) is 0 Å². The first-order valence-corrected chi connectivity index (χ1v) is 9.75. The summed E-state index contributed by atoms with van der Waals surface area (Å²) >= 11 is 0. The molecule has 0 saturated carbocycles. The van der Waals surface area contributed by atoms with Gasteiger partial charge in [-0.1, -0.05) is 69.7 Å². The summed E-state index contributed by atoms with van der Waals surface area (Å²) in [5.41, 5.74) is 12.8. The zero-order valence-electron chi connectivity index (χ0n) is 17.6. The third kappa shape index (κ3) is 2.96. The lowest BCUT2D eigenvalue weighted by Gasteiger charge is -2.24. The Bertz CT molecular complexity index is 913. The van der Waals surface area contributed by atoms with Crippen LogP contribution in [0.4, 0.5) is 0 Å². The highest BCUT2D eigenvalue weighted by Gasteiger charge is 2.35. The van der Waals surface area contributed by atoms with Gasteiger partial charge in [-0.2, -0.15) is 0 Å². The monoisotopic (exact) mass is 344 g/mol. The van der Waals surface area contributed by atoms with Gasteiger partial charge in [-0.05, 0) is 84.2 Å². The van der Waals surface area contributed by atoms with Crippen LogP contribution in [-0.4, -0.2) is 0 Å². The fourth-order valence-electron chi connectivity index (χ4n) is 4.64. The standard InChI is InChI=1S/C26H32/c1-16(2)13-19(6)25(17(3)4)21-15-22-20-11-9-10-12-23(20)26(7,8)24(22)14-18(21)5/h9-15,17H,1-8H3/b25-19+. The Balaban J connectivity index is 2.30. The summed E-state index contributed by atoms with van der Waals surface area (Å²) in [6.45, 7) is 18.2. The Morgan fingerprint density at radius 2 is 1.58 bits per heavy atom. The molecule has 2 aromatic carbocycles. The molecule has 0 N–H and O–H groups in total. The molecule has 0 nitrogen and oxygen atoms in total. The molecular weight excluding hydrogens is 312 g/mol. The topological polar surface area (TPSA) is 0 Å². The van der Waals surface area contributed by atoms with Gasteiger partial charge in [-0.25, -0.2) is 0 Å². The average Bonchev–Trinajstić information content (AvgIpc) is 2.75. The first-order chi connectivity index (χ1) is 12.1. The van der Waals surface area contributed by atoms with Gasteiger partial charge in [0.2, 0.25) is 0 Å². The van der Waals surface area contributed by atoms with Crippen molar-refractivity contribution in [2.24, 2.45) is 5.92 Å². The van der Waals surface area contributed by atoms with Crippen LogP contribution in [0.5, 0.6) is 0 Å². The van der Waals surface area contributed by atoms with Crippen LogP contribution >= 0.6 is 0 Å². The molecule has 136 valence electrons. The number of hydrogen-bond donors (Lipinski definition) is 0. The van der Waals surface area contributed by atoms with Gasteiger partial charge in [0.1, 0.15) is 0 Å². The van der Waals surface area contributed by atoms with E-state index in [0.717, 1.165) is 0 Å². The summed E-state index contributed by atoms with van der Waals surface area (Å²) in [7, 11) is 0. The number of allylic oxidation sites excluding steroid dienone is 4. The number of aryl methyl sites for hydroxylation is 1. The van der Waals surface area contributed by atoms with Gasteiger partial charge < -0.3 is 0 Å². The number of fused-ring (bicyclic) bond motifs is 3. The molecule has 0 atom stereocenters. The number of rotatable bonds is 3. The van der Waals surface area contributed by atoms with Crippen LogP contribution in [0.1, 0.15) is 70.7 Å².